The quantitative estimate of drug-likeness (QED) is 0.0146. The van der Waals surface area contributed by atoms with Gasteiger partial charge in [0.2, 0.25) is 0 Å². The fraction of sp³-hybridized carbons (Fsp3) is 0.790. The summed E-state index contributed by atoms with van der Waals surface area (Å²) in [4.78, 5) is 58.5. The molecule has 0 bridgehead atoms. The van der Waals surface area contributed by atoms with Crippen LogP contribution in [-0.4, -0.2) is 95.9 Å². The Kier molecular flexibility index (Phi) is 72.0. The lowest BCUT2D eigenvalue weighted by atomic mass is 10.0. The first-order valence-corrected chi connectivity index (χ1v) is 42.9. The Labute approximate surface area is 604 Å². The number of esters is 3. The molecule has 16 nitrogen and oxygen atoms in total. The number of carbonyl (C=O) groups excluding carboxylic acids is 3. The normalized spacial score (nSPS) is 14.5. The number of unbranched alkanes of at least 4 members (excludes halogenated alkanes) is 39. The summed E-state index contributed by atoms with van der Waals surface area (Å²) in [5.74, 6) is -1.57. The molecule has 0 saturated carbocycles. The van der Waals surface area contributed by atoms with Crippen LogP contribution in [0.25, 0.3) is 0 Å². The molecule has 0 aromatic carbocycles. The molecule has 0 radical (unpaired) electrons. The van der Waals surface area contributed by atoms with Gasteiger partial charge in [0.15, 0.2) is 6.10 Å². The third kappa shape index (κ3) is 75.7. The second-order valence-electron chi connectivity index (χ2n) is 26.9. The van der Waals surface area contributed by atoms with Crippen molar-refractivity contribution >= 4 is 33.6 Å². The van der Waals surface area contributed by atoms with Crippen LogP contribution in [0.3, 0.4) is 0 Å². The Bertz CT molecular complexity index is 2140. The largest absolute Gasteiger partial charge is 0.472 e. The molecule has 0 aromatic rings. The number of aliphatic hydroxyl groups excluding tert-OH is 2. The lowest BCUT2D eigenvalue weighted by Crippen LogP contribution is -2.30. The number of allylic oxidation sites excluding steroid dienone is 14. The lowest BCUT2D eigenvalue weighted by Gasteiger charge is -2.21. The van der Waals surface area contributed by atoms with Crippen LogP contribution < -0.4 is 0 Å². The Morgan fingerprint density at radius 2 is 0.505 bits per heavy atom. The second kappa shape index (κ2) is 74.4. The SMILES string of the molecule is CCCCC/C=C\C/C=C\C/C=C\C/C=C\CCCCCCCCCCCCCCCCCCCC(=O)OCC(O)COP(=O)(O)OCC(O)COP(=O)(O)OCC(COC(=O)CCCCCCCC/C=C\C/C=C\C/C=C\CCCCC)OC(=O)CCCCCCCCCCCCC. The van der Waals surface area contributed by atoms with Gasteiger partial charge in [-0.2, -0.15) is 0 Å². The molecule has 99 heavy (non-hydrogen) atoms. The smallest absolute Gasteiger partial charge is 0.463 e. The van der Waals surface area contributed by atoms with E-state index in [2.05, 4.69) is 106 Å². The Morgan fingerprint density at radius 1 is 0.283 bits per heavy atom. The summed E-state index contributed by atoms with van der Waals surface area (Å²) in [5, 5.41) is 20.6. The number of aliphatic hydroxyl groups is 2. The monoisotopic (exact) mass is 1440 g/mol. The Balaban J connectivity index is 4.34. The van der Waals surface area contributed by atoms with Crippen molar-refractivity contribution in [1.29, 1.82) is 0 Å². The number of phosphoric acid groups is 2. The van der Waals surface area contributed by atoms with Crippen molar-refractivity contribution < 1.29 is 75.8 Å². The molecule has 5 unspecified atom stereocenters. The third-order valence-corrected chi connectivity index (χ3v) is 19.0. The molecule has 0 aromatic heterocycles. The summed E-state index contributed by atoms with van der Waals surface area (Å²) < 4.78 is 61.0. The standard InChI is InChI=1S/C81H146O16P2/c1-4-7-10-13-16-19-22-24-26-28-30-31-32-33-34-35-36-37-38-39-40-41-42-43-45-47-48-50-53-55-58-61-64-67-79(84)91-70-76(82)71-93-98(87,88)94-72-77(83)73-95-99(89,90)96-75-78(97-81(86)69-66-63-60-57-52-21-18-15-12-9-6-3)74-92-80(85)68-65-62-59-56-54-51-49-46-44-29-27-25-23-20-17-14-11-8-5-2/h16-17,19-20,24-27,30-31,33-34,44,46,76-78,82-83H,4-15,18,21-23,28-29,32,35-43,45,47-75H2,1-3H3,(H,87,88)(H,89,90)/b19-16-,20-17-,26-24-,27-25-,31-30-,34-33-,46-44-. The van der Waals surface area contributed by atoms with Crippen LogP contribution in [-0.2, 0) is 55.8 Å². The van der Waals surface area contributed by atoms with Crippen LogP contribution >= 0.6 is 15.6 Å². The van der Waals surface area contributed by atoms with E-state index in [-0.39, 0.29) is 19.3 Å². The van der Waals surface area contributed by atoms with Gasteiger partial charge in [-0.3, -0.25) is 32.5 Å². The van der Waals surface area contributed by atoms with Crippen LogP contribution in [0, 0.1) is 0 Å². The summed E-state index contributed by atoms with van der Waals surface area (Å²) in [6, 6.07) is 0. The zero-order valence-corrected chi connectivity index (χ0v) is 64.7. The zero-order chi connectivity index (χ0) is 72.3. The maximum atomic E-state index is 12.9. The van der Waals surface area contributed by atoms with Crippen LogP contribution in [0.1, 0.15) is 355 Å². The molecule has 18 heteroatoms. The first-order chi connectivity index (χ1) is 48.2. The molecule has 0 saturated heterocycles. The molecule has 0 aliphatic rings. The van der Waals surface area contributed by atoms with E-state index in [0.29, 0.717) is 19.3 Å². The summed E-state index contributed by atoms with van der Waals surface area (Å²) in [5.41, 5.74) is 0. The third-order valence-electron chi connectivity index (χ3n) is 17.1. The molecular weight excluding hydrogens is 1290 g/mol. The highest BCUT2D eigenvalue weighted by Crippen LogP contribution is 2.45. The molecule has 576 valence electrons. The maximum absolute atomic E-state index is 12.9. The highest BCUT2D eigenvalue weighted by molar-refractivity contribution is 7.47. The van der Waals surface area contributed by atoms with Crippen molar-refractivity contribution in [2.75, 3.05) is 39.6 Å². The zero-order valence-electron chi connectivity index (χ0n) is 62.9. The Hall–Kier alpha value is -3.27. The van der Waals surface area contributed by atoms with Gasteiger partial charge < -0.3 is 34.2 Å². The van der Waals surface area contributed by atoms with Gasteiger partial charge in [0.1, 0.15) is 25.4 Å². The second-order valence-corrected chi connectivity index (χ2v) is 29.8. The predicted molar refractivity (Wildman–Crippen MR) is 408 cm³/mol. The van der Waals surface area contributed by atoms with Gasteiger partial charge >= 0.3 is 33.6 Å². The van der Waals surface area contributed by atoms with Crippen LogP contribution in [0.2, 0.25) is 0 Å². The first-order valence-electron chi connectivity index (χ1n) is 39.9. The van der Waals surface area contributed by atoms with E-state index in [0.717, 1.165) is 122 Å². The van der Waals surface area contributed by atoms with E-state index < -0.39 is 91.5 Å². The van der Waals surface area contributed by atoms with Gasteiger partial charge in [-0.05, 0) is 103 Å². The fourth-order valence-electron chi connectivity index (χ4n) is 11.0. The number of ether oxygens (including phenoxy) is 3. The molecule has 0 aliphatic carbocycles. The molecule has 0 rings (SSSR count). The van der Waals surface area contributed by atoms with Gasteiger partial charge in [0.05, 0.1) is 26.4 Å². The summed E-state index contributed by atoms with van der Waals surface area (Å²) in [6.07, 6.45) is 83.7. The number of rotatable bonds is 76. The molecule has 0 aliphatic heterocycles. The first kappa shape index (κ1) is 95.7. The highest BCUT2D eigenvalue weighted by atomic mass is 31.2. The number of hydrogen-bond acceptors (Lipinski definition) is 14. The van der Waals surface area contributed by atoms with Gasteiger partial charge in [-0.15, -0.1) is 0 Å². The van der Waals surface area contributed by atoms with E-state index in [4.69, 9.17) is 32.3 Å². The molecule has 0 heterocycles. The van der Waals surface area contributed by atoms with E-state index in [1.165, 1.54) is 173 Å². The lowest BCUT2D eigenvalue weighted by molar-refractivity contribution is -0.161. The number of hydrogen-bond donors (Lipinski definition) is 4. The van der Waals surface area contributed by atoms with E-state index >= 15 is 0 Å². The topological polar surface area (TPSA) is 231 Å². The number of phosphoric ester groups is 2. The molecule has 0 spiro atoms. The summed E-state index contributed by atoms with van der Waals surface area (Å²) >= 11 is 0. The van der Waals surface area contributed by atoms with E-state index in [1.54, 1.807) is 0 Å². The molecular formula is C81H146O16P2. The van der Waals surface area contributed by atoms with Crippen molar-refractivity contribution in [1.82, 2.24) is 0 Å². The van der Waals surface area contributed by atoms with Gasteiger partial charge in [0, 0.05) is 19.3 Å². The molecule has 0 fully saturated rings. The molecule has 0 amide bonds. The van der Waals surface area contributed by atoms with Crippen molar-refractivity contribution in [3.05, 3.63) is 85.1 Å². The maximum Gasteiger partial charge on any atom is 0.472 e. The Morgan fingerprint density at radius 3 is 0.818 bits per heavy atom. The number of carbonyl (C=O) groups is 3. The van der Waals surface area contributed by atoms with E-state index in [9.17, 15) is 43.5 Å². The van der Waals surface area contributed by atoms with Gasteiger partial charge in [-0.1, -0.05) is 318 Å². The minimum absolute atomic E-state index is 0.106. The van der Waals surface area contributed by atoms with Crippen molar-refractivity contribution in [2.24, 2.45) is 0 Å². The van der Waals surface area contributed by atoms with Crippen LogP contribution in [0.5, 0.6) is 0 Å². The van der Waals surface area contributed by atoms with Crippen LogP contribution in [0.4, 0.5) is 0 Å². The van der Waals surface area contributed by atoms with Gasteiger partial charge in [-0.25, -0.2) is 9.13 Å². The van der Waals surface area contributed by atoms with Crippen molar-refractivity contribution in [3.8, 4) is 0 Å². The summed E-state index contributed by atoms with van der Waals surface area (Å²) in [6.45, 7) is 2.64. The highest BCUT2D eigenvalue weighted by Gasteiger charge is 2.29. The average molecular weight is 1440 g/mol. The van der Waals surface area contributed by atoms with Crippen molar-refractivity contribution in [2.45, 2.75) is 373 Å². The van der Waals surface area contributed by atoms with Gasteiger partial charge in [0.25, 0.3) is 0 Å². The minimum atomic E-state index is -4.92. The average Bonchev–Trinajstić information content (AvgIpc) is 1.28. The predicted octanol–water partition coefficient (Wildman–Crippen LogP) is 23.2. The summed E-state index contributed by atoms with van der Waals surface area (Å²) in [7, 11) is -9.77. The molecule has 4 N–H and O–H groups in total. The fourth-order valence-corrected chi connectivity index (χ4v) is 12.6. The molecule has 5 atom stereocenters. The van der Waals surface area contributed by atoms with Crippen LogP contribution in [0.15, 0.2) is 85.1 Å². The van der Waals surface area contributed by atoms with Crippen molar-refractivity contribution in [3.63, 3.8) is 0 Å². The van der Waals surface area contributed by atoms with E-state index in [1.807, 2.05) is 0 Å². The minimum Gasteiger partial charge on any atom is -0.463 e.